The van der Waals surface area contributed by atoms with E-state index in [1.165, 1.54) is 11.1 Å². The summed E-state index contributed by atoms with van der Waals surface area (Å²) < 4.78 is 5.45. The second kappa shape index (κ2) is 6.64. The maximum absolute atomic E-state index is 11.4. The number of esters is 1. The highest BCUT2D eigenvalue weighted by Gasteiger charge is 2.17. The molecule has 0 spiro atoms. The summed E-state index contributed by atoms with van der Waals surface area (Å²) in [5.41, 5.74) is 2.54. The van der Waals surface area contributed by atoms with Gasteiger partial charge in [0, 0.05) is 24.3 Å². The van der Waals surface area contributed by atoms with E-state index in [1.807, 2.05) is 36.9 Å². The summed E-state index contributed by atoms with van der Waals surface area (Å²) in [6.07, 6.45) is 2.20. The molecule has 0 aliphatic carbocycles. The van der Waals surface area contributed by atoms with E-state index in [9.17, 15) is 4.79 Å². The normalized spacial score (nSPS) is 15.6. The molecule has 3 heteroatoms. The molecule has 0 atom stereocenters. The van der Waals surface area contributed by atoms with E-state index >= 15 is 0 Å². The Hall–Kier alpha value is -1.22. The number of ether oxygens (including phenoxy) is 1. The zero-order valence-corrected chi connectivity index (χ0v) is 11.5. The maximum atomic E-state index is 11.4. The first-order valence-electron chi connectivity index (χ1n) is 6.33. The summed E-state index contributed by atoms with van der Waals surface area (Å²) in [7, 11) is 0. The molecule has 1 aromatic rings. The van der Waals surface area contributed by atoms with Gasteiger partial charge in [0.25, 0.3) is 0 Å². The predicted octanol–water partition coefficient (Wildman–Crippen LogP) is 3.57. The van der Waals surface area contributed by atoms with Gasteiger partial charge in [-0.25, -0.2) is 0 Å². The number of carbonyl (C=O) groups is 1. The van der Waals surface area contributed by atoms with Crippen LogP contribution in [0.1, 0.15) is 25.3 Å². The average molecular weight is 262 g/mol. The van der Waals surface area contributed by atoms with E-state index in [0.29, 0.717) is 6.42 Å². The van der Waals surface area contributed by atoms with Gasteiger partial charge in [0.05, 0.1) is 0 Å². The van der Waals surface area contributed by atoms with Crippen LogP contribution in [-0.2, 0) is 16.0 Å². The van der Waals surface area contributed by atoms with Gasteiger partial charge in [0.2, 0.25) is 0 Å². The van der Waals surface area contributed by atoms with Gasteiger partial charge in [0.1, 0.15) is 5.76 Å². The third kappa shape index (κ3) is 3.64. The van der Waals surface area contributed by atoms with E-state index in [-0.39, 0.29) is 5.97 Å². The molecule has 0 amide bonds. The molecule has 0 saturated carbocycles. The SMILES string of the molecule is CCC(=O)OC1=C(Cc2ccccc2)CSCC1. The molecule has 0 unspecified atom stereocenters. The zero-order chi connectivity index (χ0) is 12.8. The highest BCUT2D eigenvalue weighted by molar-refractivity contribution is 7.99. The van der Waals surface area contributed by atoms with Gasteiger partial charge in [-0.3, -0.25) is 4.79 Å². The lowest BCUT2D eigenvalue weighted by Gasteiger charge is -2.19. The van der Waals surface area contributed by atoms with Crippen molar-refractivity contribution in [2.24, 2.45) is 0 Å². The van der Waals surface area contributed by atoms with Gasteiger partial charge in [0.15, 0.2) is 0 Å². The highest BCUT2D eigenvalue weighted by Crippen LogP contribution is 2.27. The van der Waals surface area contributed by atoms with E-state index in [4.69, 9.17) is 4.74 Å². The van der Waals surface area contributed by atoms with Crippen LogP contribution in [0.15, 0.2) is 41.7 Å². The predicted molar refractivity (Wildman–Crippen MR) is 75.5 cm³/mol. The van der Waals surface area contributed by atoms with Crippen LogP contribution in [0.4, 0.5) is 0 Å². The Morgan fingerprint density at radius 2 is 2.11 bits per heavy atom. The van der Waals surface area contributed by atoms with Crippen LogP contribution in [0.2, 0.25) is 0 Å². The van der Waals surface area contributed by atoms with Gasteiger partial charge in [-0.15, -0.1) is 0 Å². The Balaban J connectivity index is 2.12. The van der Waals surface area contributed by atoms with Crippen LogP contribution in [0.25, 0.3) is 0 Å². The van der Waals surface area contributed by atoms with Crippen molar-refractivity contribution in [3.63, 3.8) is 0 Å². The van der Waals surface area contributed by atoms with Gasteiger partial charge in [-0.2, -0.15) is 11.8 Å². The number of hydrogen-bond acceptors (Lipinski definition) is 3. The van der Waals surface area contributed by atoms with Crippen molar-refractivity contribution >= 4 is 17.7 Å². The molecule has 1 heterocycles. The van der Waals surface area contributed by atoms with Crippen molar-refractivity contribution in [2.75, 3.05) is 11.5 Å². The largest absolute Gasteiger partial charge is 0.431 e. The minimum atomic E-state index is -0.123. The number of allylic oxidation sites excluding steroid dienone is 1. The third-order valence-corrected chi connectivity index (χ3v) is 3.98. The number of carbonyl (C=O) groups excluding carboxylic acids is 1. The summed E-state index contributed by atoms with van der Waals surface area (Å²) >= 11 is 1.91. The molecule has 2 nitrogen and oxygen atoms in total. The minimum absolute atomic E-state index is 0.123. The van der Waals surface area contributed by atoms with Gasteiger partial charge < -0.3 is 4.74 Å². The number of benzene rings is 1. The first-order valence-corrected chi connectivity index (χ1v) is 7.48. The lowest BCUT2D eigenvalue weighted by molar-refractivity contribution is -0.139. The summed E-state index contributed by atoms with van der Waals surface area (Å²) in [5, 5.41) is 0. The molecular weight excluding hydrogens is 244 g/mol. The highest BCUT2D eigenvalue weighted by atomic mass is 32.2. The van der Waals surface area contributed by atoms with Crippen LogP contribution in [0, 0.1) is 0 Å². The Morgan fingerprint density at radius 3 is 2.83 bits per heavy atom. The van der Waals surface area contributed by atoms with Crippen LogP contribution in [0.3, 0.4) is 0 Å². The first-order chi connectivity index (χ1) is 8.79. The second-order valence-electron chi connectivity index (χ2n) is 4.32. The molecule has 0 aromatic heterocycles. The third-order valence-electron chi connectivity index (χ3n) is 2.93. The van der Waals surface area contributed by atoms with Crippen molar-refractivity contribution in [3.05, 3.63) is 47.2 Å². The smallest absolute Gasteiger partial charge is 0.310 e. The number of thioether (sulfide) groups is 1. The van der Waals surface area contributed by atoms with Crippen LogP contribution in [-0.4, -0.2) is 17.5 Å². The summed E-state index contributed by atoms with van der Waals surface area (Å²) in [6, 6.07) is 10.3. The molecule has 1 aromatic carbocycles. The molecule has 1 aliphatic rings. The van der Waals surface area contributed by atoms with E-state index < -0.39 is 0 Å². The fourth-order valence-electron chi connectivity index (χ4n) is 1.94. The van der Waals surface area contributed by atoms with Crippen molar-refractivity contribution < 1.29 is 9.53 Å². The molecule has 2 rings (SSSR count). The standard InChI is InChI=1S/C15H18O2S/c1-2-15(16)17-14-8-9-18-11-13(14)10-12-6-4-3-5-7-12/h3-7H,2,8-11H2,1H3. The fraction of sp³-hybridized carbons (Fsp3) is 0.400. The van der Waals surface area contributed by atoms with Crippen molar-refractivity contribution in [1.82, 2.24) is 0 Å². The molecule has 0 bridgehead atoms. The molecule has 1 aliphatic heterocycles. The molecule has 0 N–H and O–H groups in total. The average Bonchev–Trinajstić information content (AvgIpc) is 2.42. The van der Waals surface area contributed by atoms with Gasteiger partial charge >= 0.3 is 5.97 Å². The van der Waals surface area contributed by atoms with Crippen molar-refractivity contribution in [1.29, 1.82) is 0 Å². The quantitative estimate of drug-likeness (QED) is 0.776. The Bertz CT molecular complexity index is 437. The van der Waals surface area contributed by atoms with Gasteiger partial charge in [-0.05, 0) is 17.6 Å². The molecular formula is C15H18O2S. The molecule has 96 valence electrons. The minimum Gasteiger partial charge on any atom is -0.431 e. The molecule has 0 fully saturated rings. The Labute approximate surface area is 112 Å². The van der Waals surface area contributed by atoms with E-state index in [0.717, 1.165) is 30.1 Å². The fourth-order valence-corrected chi connectivity index (χ4v) is 2.93. The maximum Gasteiger partial charge on any atom is 0.310 e. The lowest BCUT2D eigenvalue weighted by Crippen LogP contribution is -2.12. The lowest BCUT2D eigenvalue weighted by atomic mass is 10.0. The summed E-state index contributed by atoms with van der Waals surface area (Å²) in [5.74, 6) is 2.80. The Morgan fingerprint density at radius 1 is 1.33 bits per heavy atom. The molecule has 18 heavy (non-hydrogen) atoms. The molecule has 0 saturated heterocycles. The van der Waals surface area contributed by atoms with Crippen LogP contribution in [0.5, 0.6) is 0 Å². The van der Waals surface area contributed by atoms with Crippen molar-refractivity contribution in [3.8, 4) is 0 Å². The van der Waals surface area contributed by atoms with Crippen LogP contribution < -0.4 is 0 Å². The second-order valence-corrected chi connectivity index (χ2v) is 5.42. The van der Waals surface area contributed by atoms with E-state index in [2.05, 4.69) is 12.1 Å². The monoisotopic (exact) mass is 262 g/mol. The zero-order valence-electron chi connectivity index (χ0n) is 10.6. The van der Waals surface area contributed by atoms with Gasteiger partial charge in [-0.1, -0.05) is 37.3 Å². The summed E-state index contributed by atoms with van der Waals surface area (Å²) in [6.45, 7) is 1.83. The van der Waals surface area contributed by atoms with Crippen molar-refractivity contribution in [2.45, 2.75) is 26.2 Å². The Kier molecular flexibility index (Phi) is 4.88. The molecule has 0 radical (unpaired) electrons. The number of hydrogen-bond donors (Lipinski definition) is 0. The number of rotatable bonds is 4. The summed E-state index contributed by atoms with van der Waals surface area (Å²) in [4.78, 5) is 11.4. The topological polar surface area (TPSA) is 26.3 Å². The first kappa shape index (κ1) is 13.2. The van der Waals surface area contributed by atoms with E-state index in [1.54, 1.807) is 0 Å². The van der Waals surface area contributed by atoms with Crippen LogP contribution >= 0.6 is 11.8 Å².